The van der Waals surface area contributed by atoms with Gasteiger partial charge in [-0.3, -0.25) is 0 Å². The number of benzene rings is 1. The van der Waals surface area contributed by atoms with Crippen LogP contribution in [0.25, 0.3) is 11.3 Å². The van der Waals surface area contributed by atoms with Crippen molar-refractivity contribution < 1.29 is 9.26 Å². The van der Waals surface area contributed by atoms with E-state index in [0.29, 0.717) is 12.5 Å². The number of rotatable bonds is 5. The van der Waals surface area contributed by atoms with Crippen LogP contribution in [0.15, 0.2) is 28.9 Å². The molecule has 4 heteroatoms. The molecule has 0 aliphatic heterocycles. The van der Waals surface area contributed by atoms with E-state index in [1.807, 2.05) is 12.1 Å². The lowest BCUT2D eigenvalue weighted by Crippen LogP contribution is -2.02. The lowest BCUT2D eigenvalue weighted by molar-refractivity contribution is 0.407. The van der Waals surface area contributed by atoms with Crippen molar-refractivity contribution in [3.63, 3.8) is 0 Å². The van der Waals surface area contributed by atoms with E-state index in [0.717, 1.165) is 34.6 Å². The highest BCUT2D eigenvalue weighted by molar-refractivity contribution is 5.64. The molecule has 19 heavy (non-hydrogen) atoms. The summed E-state index contributed by atoms with van der Waals surface area (Å²) in [7, 11) is 1.69. The van der Waals surface area contributed by atoms with Crippen LogP contribution < -0.4 is 10.5 Å². The maximum atomic E-state index is 5.60. The number of hydrogen-bond acceptors (Lipinski definition) is 4. The average molecular weight is 260 g/mol. The van der Waals surface area contributed by atoms with Crippen LogP contribution in [0.3, 0.4) is 0 Å². The molecule has 102 valence electrons. The van der Waals surface area contributed by atoms with Crippen LogP contribution in [0.2, 0.25) is 0 Å². The molecule has 1 heterocycles. The second-order valence-electron chi connectivity index (χ2n) is 4.83. The highest BCUT2D eigenvalue weighted by Gasteiger charge is 2.14. The first-order valence-corrected chi connectivity index (χ1v) is 6.49. The summed E-state index contributed by atoms with van der Waals surface area (Å²) >= 11 is 0. The number of aromatic nitrogens is 1. The fourth-order valence-electron chi connectivity index (χ4n) is 2.16. The van der Waals surface area contributed by atoms with Crippen molar-refractivity contribution in [2.24, 2.45) is 5.73 Å². The van der Waals surface area contributed by atoms with Gasteiger partial charge in [-0.25, -0.2) is 0 Å². The molecule has 2 rings (SSSR count). The van der Waals surface area contributed by atoms with Crippen LogP contribution in [-0.2, 0) is 6.42 Å². The molecule has 4 nitrogen and oxygen atoms in total. The highest BCUT2D eigenvalue weighted by Crippen LogP contribution is 2.32. The van der Waals surface area contributed by atoms with Crippen LogP contribution in [0.1, 0.15) is 30.9 Å². The van der Waals surface area contributed by atoms with Gasteiger partial charge < -0.3 is 15.0 Å². The molecule has 1 aromatic heterocycles. The molecule has 1 aromatic carbocycles. The molecule has 0 radical (unpaired) electrons. The zero-order valence-corrected chi connectivity index (χ0v) is 11.6. The summed E-state index contributed by atoms with van der Waals surface area (Å²) in [4.78, 5) is 0. The fraction of sp³-hybridized carbons (Fsp3) is 0.400. The largest absolute Gasteiger partial charge is 0.496 e. The van der Waals surface area contributed by atoms with Crippen LogP contribution in [0.5, 0.6) is 5.75 Å². The Morgan fingerprint density at radius 3 is 2.79 bits per heavy atom. The molecule has 0 saturated heterocycles. The van der Waals surface area contributed by atoms with Gasteiger partial charge in [-0.2, -0.15) is 0 Å². The van der Waals surface area contributed by atoms with E-state index in [1.165, 1.54) is 0 Å². The number of ether oxygens (including phenoxy) is 1. The smallest absolute Gasteiger partial charge is 0.170 e. The minimum absolute atomic E-state index is 0.385. The van der Waals surface area contributed by atoms with Crippen molar-refractivity contribution in [1.82, 2.24) is 5.16 Å². The summed E-state index contributed by atoms with van der Waals surface area (Å²) < 4.78 is 10.8. The standard InChI is InChI=1S/C15H20N2O2/c1-10(2)13-8-11(4-5-14(13)18-3)15-12(6-7-16)9-17-19-15/h4-5,8-10H,6-7,16H2,1-3H3. The van der Waals surface area contributed by atoms with Crippen molar-refractivity contribution in [2.75, 3.05) is 13.7 Å². The van der Waals surface area contributed by atoms with E-state index in [9.17, 15) is 0 Å². The SMILES string of the molecule is COc1ccc(-c2oncc2CCN)cc1C(C)C. The third kappa shape index (κ3) is 2.79. The van der Waals surface area contributed by atoms with Crippen molar-refractivity contribution >= 4 is 0 Å². The predicted octanol–water partition coefficient (Wildman–Crippen LogP) is 2.97. The zero-order valence-electron chi connectivity index (χ0n) is 11.6. The topological polar surface area (TPSA) is 61.3 Å². The second kappa shape index (κ2) is 5.89. The Kier molecular flexibility index (Phi) is 4.22. The minimum Gasteiger partial charge on any atom is -0.496 e. The Hall–Kier alpha value is -1.81. The molecule has 0 fully saturated rings. The average Bonchev–Trinajstić information content (AvgIpc) is 2.86. The number of nitrogens with two attached hydrogens (primary N) is 1. The first kappa shape index (κ1) is 13.6. The third-order valence-corrected chi connectivity index (χ3v) is 3.17. The normalized spacial score (nSPS) is 11.0. The quantitative estimate of drug-likeness (QED) is 0.897. The lowest BCUT2D eigenvalue weighted by Gasteiger charge is -2.13. The molecular formula is C15H20N2O2. The third-order valence-electron chi connectivity index (χ3n) is 3.17. The maximum absolute atomic E-state index is 5.60. The maximum Gasteiger partial charge on any atom is 0.170 e. The van der Waals surface area contributed by atoms with Gasteiger partial charge in [0.2, 0.25) is 0 Å². The molecule has 0 bridgehead atoms. The zero-order chi connectivity index (χ0) is 13.8. The van der Waals surface area contributed by atoms with Crippen molar-refractivity contribution in [3.05, 3.63) is 35.5 Å². The van der Waals surface area contributed by atoms with Gasteiger partial charge in [0, 0.05) is 11.1 Å². The number of nitrogens with zero attached hydrogens (tertiary/aromatic N) is 1. The number of methoxy groups -OCH3 is 1. The summed E-state index contributed by atoms with van der Waals surface area (Å²) in [6, 6.07) is 6.06. The van der Waals surface area contributed by atoms with Gasteiger partial charge in [0.25, 0.3) is 0 Å². The summed E-state index contributed by atoms with van der Waals surface area (Å²) in [5.41, 5.74) is 8.83. The highest BCUT2D eigenvalue weighted by atomic mass is 16.5. The summed E-state index contributed by atoms with van der Waals surface area (Å²) in [6.45, 7) is 4.87. The Labute approximate surface area is 113 Å². The van der Waals surface area contributed by atoms with Crippen molar-refractivity contribution in [3.8, 4) is 17.1 Å². The fourth-order valence-corrected chi connectivity index (χ4v) is 2.16. The van der Waals surface area contributed by atoms with Gasteiger partial charge in [0.15, 0.2) is 5.76 Å². The molecule has 0 aliphatic carbocycles. The molecule has 0 spiro atoms. The van der Waals surface area contributed by atoms with Gasteiger partial charge in [-0.05, 0) is 42.6 Å². The van der Waals surface area contributed by atoms with Gasteiger partial charge in [-0.1, -0.05) is 19.0 Å². The Bertz CT molecular complexity index is 547. The molecule has 2 aromatic rings. The van der Waals surface area contributed by atoms with Gasteiger partial charge in [0.05, 0.1) is 13.3 Å². The minimum atomic E-state index is 0.385. The van der Waals surface area contributed by atoms with Crippen LogP contribution in [0.4, 0.5) is 0 Å². The van der Waals surface area contributed by atoms with E-state index in [1.54, 1.807) is 13.3 Å². The van der Waals surface area contributed by atoms with Crippen LogP contribution >= 0.6 is 0 Å². The first-order valence-electron chi connectivity index (χ1n) is 6.49. The monoisotopic (exact) mass is 260 g/mol. The summed E-state index contributed by atoms with van der Waals surface area (Å²) in [5, 5.41) is 3.87. The van der Waals surface area contributed by atoms with Gasteiger partial charge in [0.1, 0.15) is 5.75 Å². The van der Waals surface area contributed by atoms with Gasteiger partial charge >= 0.3 is 0 Å². The molecule has 0 atom stereocenters. The predicted molar refractivity (Wildman–Crippen MR) is 75.3 cm³/mol. The van der Waals surface area contributed by atoms with E-state index in [-0.39, 0.29) is 0 Å². The van der Waals surface area contributed by atoms with Crippen molar-refractivity contribution in [1.29, 1.82) is 0 Å². The summed E-state index contributed by atoms with van der Waals surface area (Å²) in [6.07, 6.45) is 2.50. The lowest BCUT2D eigenvalue weighted by atomic mass is 9.97. The Balaban J connectivity index is 2.45. The number of hydrogen-bond donors (Lipinski definition) is 1. The van der Waals surface area contributed by atoms with Crippen LogP contribution in [0, 0.1) is 0 Å². The molecular weight excluding hydrogens is 240 g/mol. The first-order chi connectivity index (χ1) is 9.17. The van der Waals surface area contributed by atoms with Crippen LogP contribution in [-0.4, -0.2) is 18.8 Å². The molecule has 0 unspecified atom stereocenters. The summed E-state index contributed by atoms with van der Waals surface area (Å²) in [5.74, 6) is 2.09. The van der Waals surface area contributed by atoms with E-state index in [4.69, 9.17) is 15.0 Å². The molecule has 0 aliphatic rings. The Morgan fingerprint density at radius 1 is 1.37 bits per heavy atom. The van der Waals surface area contributed by atoms with E-state index < -0.39 is 0 Å². The van der Waals surface area contributed by atoms with E-state index >= 15 is 0 Å². The molecule has 0 saturated carbocycles. The molecule has 0 amide bonds. The Morgan fingerprint density at radius 2 is 2.16 bits per heavy atom. The molecule has 2 N–H and O–H groups in total. The van der Waals surface area contributed by atoms with Crippen molar-refractivity contribution in [2.45, 2.75) is 26.2 Å². The van der Waals surface area contributed by atoms with E-state index in [2.05, 4.69) is 25.1 Å². The second-order valence-corrected chi connectivity index (χ2v) is 4.83. The van der Waals surface area contributed by atoms with Gasteiger partial charge in [-0.15, -0.1) is 0 Å².